The van der Waals surface area contributed by atoms with Crippen molar-refractivity contribution in [1.29, 1.82) is 0 Å². The molecular formula is C17H28N2. The molecule has 1 aliphatic heterocycles. The number of benzene rings is 1. The van der Waals surface area contributed by atoms with Gasteiger partial charge in [0.25, 0.3) is 0 Å². The van der Waals surface area contributed by atoms with Gasteiger partial charge >= 0.3 is 0 Å². The summed E-state index contributed by atoms with van der Waals surface area (Å²) in [5.41, 5.74) is 9.13. The maximum atomic E-state index is 6.24. The fraction of sp³-hybridized carbons (Fsp3) is 0.647. The molecule has 2 atom stereocenters. The van der Waals surface area contributed by atoms with E-state index in [0.29, 0.717) is 12.0 Å². The van der Waals surface area contributed by atoms with Gasteiger partial charge in [0.2, 0.25) is 0 Å². The second-order valence-electron chi connectivity index (χ2n) is 5.90. The zero-order valence-electron chi connectivity index (χ0n) is 12.4. The second-order valence-corrected chi connectivity index (χ2v) is 5.90. The van der Waals surface area contributed by atoms with Crippen LogP contribution in [-0.4, -0.2) is 30.6 Å². The summed E-state index contributed by atoms with van der Waals surface area (Å²) in [4.78, 5) is 2.55. The lowest BCUT2D eigenvalue weighted by molar-refractivity contribution is 0.186. The highest BCUT2D eigenvalue weighted by molar-refractivity contribution is 5.26. The average molecular weight is 260 g/mol. The molecule has 2 heteroatoms. The first kappa shape index (κ1) is 14.5. The molecule has 0 spiro atoms. The minimum Gasteiger partial charge on any atom is -0.327 e. The minimum absolute atomic E-state index is 0.335. The topological polar surface area (TPSA) is 29.3 Å². The smallest absolute Gasteiger partial charge is 0.0174 e. The number of hydrogen-bond acceptors (Lipinski definition) is 2. The molecular weight excluding hydrogens is 232 g/mol. The molecule has 0 bridgehead atoms. The summed E-state index contributed by atoms with van der Waals surface area (Å²) < 4.78 is 0. The zero-order chi connectivity index (χ0) is 13.7. The van der Waals surface area contributed by atoms with Gasteiger partial charge in [-0.3, -0.25) is 0 Å². The van der Waals surface area contributed by atoms with Crippen LogP contribution in [0.1, 0.15) is 50.2 Å². The highest BCUT2D eigenvalue weighted by Gasteiger charge is 2.25. The average Bonchev–Trinajstić information content (AvgIpc) is 2.44. The Kier molecular flexibility index (Phi) is 5.41. The maximum Gasteiger partial charge on any atom is 0.0174 e. The summed E-state index contributed by atoms with van der Waals surface area (Å²) in [6.45, 7) is 7.92. The van der Waals surface area contributed by atoms with Gasteiger partial charge in [-0.25, -0.2) is 0 Å². The molecule has 106 valence electrons. The van der Waals surface area contributed by atoms with Crippen LogP contribution in [-0.2, 0) is 6.42 Å². The summed E-state index contributed by atoms with van der Waals surface area (Å²) in [6, 6.07) is 9.48. The van der Waals surface area contributed by atoms with Gasteiger partial charge in [-0.05, 0) is 42.9 Å². The van der Waals surface area contributed by atoms with E-state index in [-0.39, 0.29) is 0 Å². The largest absolute Gasteiger partial charge is 0.327 e. The van der Waals surface area contributed by atoms with Gasteiger partial charge in [-0.2, -0.15) is 0 Å². The van der Waals surface area contributed by atoms with Gasteiger partial charge < -0.3 is 10.6 Å². The van der Waals surface area contributed by atoms with Gasteiger partial charge in [0.15, 0.2) is 0 Å². The van der Waals surface area contributed by atoms with E-state index in [1.807, 2.05) is 0 Å². The molecule has 0 saturated carbocycles. The number of hydrogen-bond donors (Lipinski definition) is 1. The van der Waals surface area contributed by atoms with Crippen LogP contribution in [0.4, 0.5) is 0 Å². The van der Waals surface area contributed by atoms with E-state index >= 15 is 0 Å². The number of nitrogens with two attached hydrogens (primary N) is 1. The lowest BCUT2D eigenvalue weighted by Gasteiger charge is -2.36. The summed E-state index contributed by atoms with van der Waals surface area (Å²) >= 11 is 0. The maximum absolute atomic E-state index is 6.24. The molecule has 2 nitrogen and oxygen atoms in total. The molecule has 0 aliphatic carbocycles. The van der Waals surface area contributed by atoms with Crippen molar-refractivity contribution in [2.24, 2.45) is 5.73 Å². The highest BCUT2D eigenvalue weighted by Crippen LogP contribution is 2.27. The summed E-state index contributed by atoms with van der Waals surface area (Å²) in [6.07, 6.45) is 4.80. The van der Waals surface area contributed by atoms with Crippen LogP contribution in [0, 0.1) is 0 Å². The van der Waals surface area contributed by atoms with Crippen molar-refractivity contribution < 1.29 is 0 Å². The third-order valence-electron chi connectivity index (χ3n) is 4.25. The van der Waals surface area contributed by atoms with Crippen LogP contribution in [0.5, 0.6) is 0 Å². The second kappa shape index (κ2) is 7.06. The first-order chi connectivity index (χ1) is 9.22. The molecule has 0 radical (unpaired) electrons. The van der Waals surface area contributed by atoms with E-state index in [4.69, 9.17) is 5.73 Å². The Bertz CT molecular complexity index is 371. The molecule has 2 rings (SSSR count). The predicted octanol–water partition coefficient (Wildman–Crippen LogP) is 3.17. The molecule has 0 aromatic heterocycles. The Balaban J connectivity index is 2.01. The van der Waals surface area contributed by atoms with Gasteiger partial charge in [0.1, 0.15) is 0 Å². The van der Waals surface area contributed by atoms with Crippen molar-refractivity contribution in [3.63, 3.8) is 0 Å². The van der Waals surface area contributed by atoms with Crippen LogP contribution in [0.15, 0.2) is 24.3 Å². The third kappa shape index (κ3) is 4.05. The SMILES string of the molecule is CCCCN1CC(N)CC(c2ccc(CC)cc2)C1. The summed E-state index contributed by atoms with van der Waals surface area (Å²) in [5, 5.41) is 0. The molecule has 1 aromatic carbocycles. The Hall–Kier alpha value is -0.860. The fourth-order valence-corrected chi connectivity index (χ4v) is 3.06. The first-order valence-corrected chi connectivity index (χ1v) is 7.79. The van der Waals surface area contributed by atoms with Crippen molar-refractivity contribution in [3.8, 4) is 0 Å². The summed E-state index contributed by atoms with van der Waals surface area (Å²) in [5.74, 6) is 0.617. The van der Waals surface area contributed by atoms with Gasteiger partial charge in [0, 0.05) is 19.1 Å². The van der Waals surface area contributed by atoms with Gasteiger partial charge in [-0.1, -0.05) is 44.5 Å². The number of piperidine rings is 1. The van der Waals surface area contributed by atoms with Crippen molar-refractivity contribution in [2.45, 2.75) is 51.5 Å². The van der Waals surface area contributed by atoms with E-state index in [0.717, 1.165) is 19.4 Å². The van der Waals surface area contributed by atoms with E-state index in [1.54, 1.807) is 0 Å². The fourth-order valence-electron chi connectivity index (χ4n) is 3.06. The van der Waals surface area contributed by atoms with Crippen LogP contribution in [0.3, 0.4) is 0 Å². The van der Waals surface area contributed by atoms with Crippen LogP contribution < -0.4 is 5.73 Å². The zero-order valence-corrected chi connectivity index (χ0v) is 12.4. The lowest BCUT2D eigenvalue weighted by Crippen LogP contribution is -2.46. The van der Waals surface area contributed by atoms with Crippen LogP contribution >= 0.6 is 0 Å². The Morgan fingerprint density at radius 3 is 2.53 bits per heavy atom. The number of likely N-dealkylation sites (tertiary alicyclic amines) is 1. The molecule has 2 N–H and O–H groups in total. The van der Waals surface area contributed by atoms with Gasteiger partial charge in [-0.15, -0.1) is 0 Å². The van der Waals surface area contributed by atoms with Crippen molar-refractivity contribution in [3.05, 3.63) is 35.4 Å². The molecule has 1 fully saturated rings. The quantitative estimate of drug-likeness (QED) is 0.881. The number of nitrogens with zero attached hydrogens (tertiary/aromatic N) is 1. The van der Waals surface area contributed by atoms with E-state index in [1.165, 1.54) is 37.1 Å². The standard InChI is InChI=1S/C17H28N2/c1-3-5-10-19-12-16(11-17(18)13-19)15-8-6-14(4-2)7-9-15/h6-9,16-17H,3-5,10-13,18H2,1-2H3. The Labute approximate surface area is 118 Å². The van der Waals surface area contributed by atoms with Gasteiger partial charge in [0.05, 0.1) is 0 Å². The number of aryl methyl sites for hydroxylation is 1. The molecule has 1 aromatic rings. The lowest BCUT2D eigenvalue weighted by atomic mass is 9.87. The number of unbranched alkanes of at least 4 members (excludes halogenated alkanes) is 1. The van der Waals surface area contributed by atoms with Crippen LogP contribution in [0.2, 0.25) is 0 Å². The van der Waals surface area contributed by atoms with E-state index in [2.05, 4.69) is 43.0 Å². The Morgan fingerprint density at radius 2 is 1.89 bits per heavy atom. The molecule has 1 heterocycles. The number of rotatable bonds is 5. The normalized spacial score (nSPS) is 24.6. The molecule has 0 amide bonds. The minimum atomic E-state index is 0.335. The monoisotopic (exact) mass is 260 g/mol. The predicted molar refractivity (Wildman–Crippen MR) is 82.5 cm³/mol. The van der Waals surface area contributed by atoms with E-state index < -0.39 is 0 Å². The molecule has 1 saturated heterocycles. The highest BCUT2D eigenvalue weighted by atomic mass is 15.1. The van der Waals surface area contributed by atoms with Crippen molar-refractivity contribution in [2.75, 3.05) is 19.6 Å². The Morgan fingerprint density at radius 1 is 1.16 bits per heavy atom. The molecule has 1 aliphatic rings. The van der Waals surface area contributed by atoms with Crippen molar-refractivity contribution in [1.82, 2.24) is 4.90 Å². The van der Waals surface area contributed by atoms with Crippen molar-refractivity contribution >= 4 is 0 Å². The van der Waals surface area contributed by atoms with Crippen LogP contribution in [0.25, 0.3) is 0 Å². The third-order valence-corrected chi connectivity index (χ3v) is 4.25. The van der Waals surface area contributed by atoms with E-state index in [9.17, 15) is 0 Å². The molecule has 2 unspecified atom stereocenters. The first-order valence-electron chi connectivity index (χ1n) is 7.79. The molecule has 19 heavy (non-hydrogen) atoms. The summed E-state index contributed by atoms with van der Waals surface area (Å²) in [7, 11) is 0.